The lowest BCUT2D eigenvalue weighted by atomic mass is 9.94. The molecule has 3 aromatic carbocycles. The van der Waals surface area contributed by atoms with E-state index in [0.29, 0.717) is 6.42 Å². The van der Waals surface area contributed by atoms with Gasteiger partial charge in [-0.3, -0.25) is 4.79 Å². The van der Waals surface area contributed by atoms with E-state index in [1.807, 2.05) is 31.2 Å². The molecule has 3 nitrogen and oxygen atoms in total. The minimum Gasteiger partial charge on any atom is -0.494 e. The fraction of sp³-hybridized carbons (Fsp3) is 0.296. The lowest BCUT2D eigenvalue weighted by molar-refractivity contribution is -0.148. The molecule has 30 heavy (non-hydrogen) atoms. The molecule has 0 heterocycles. The van der Waals surface area contributed by atoms with Crippen molar-refractivity contribution in [1.29, 1.82) is 0 Å². The van der Waals surface area contributed by atoms with Gasteiger partial charge in [-0.1, -0.05) is 80.9 Å². The number of hydrogen-bond acceptors (Lipinski definition) is 3. The Balaban J connectivity index is 1.80. The maximum absolute atomic E-state index is 11.6. The van der Waals surface area contributed by atoms with Crippen LogP contribution in [0.3, 0.4) is 0 Å². The van der Waals surface area contributed by atoms with Crippen LogP contribution in [-0.4, -0.2) is 12.6 Å². The summed E-state index contributed by atoms with van der Waals surface area (Å²) in [5.41, 5.74) is 5.62. The lowest BCUT2D eigenvalue weighted by Gasteiger charge is -2.15. The molecule has 3 aromatic rings. The average molecular weight is 403 g/mol. The van der Waals surface area contributed by atoms with Gasteiger partial charge in [-0.15, -0.1) is 0 Å². The second kappa shape index (κ2) is 10.6. The Hall–Kier alpha value is -3.07. The van der Waals surface area contributed by atoms with Gasteiger partial charge in [-0.2, -0.15) is 0 Å². The smallest absolute Gasteiger partial charge is 0.306 e. The molecule has 0 bridgehead atoms. The lowest BCUT2D eigenvalue weighted by Crippen LogP contribution is -2.07. The summed E-state index contributed by atoms with van der Waals surface area (Å²) in [4.78, 5) is 11.6. The van der Waals surface area contributed by atoms with Crippen LogP contribution in [0.2, 0.25) is 0 Å². The van der Waals surface area contributed by atoms with Gasteiger partial charge in [0, 0.05) is 6.42 Å². The van der Waals surface area contributed by atoms with E-state index in [-0.39, 0.29) is 12.1 Å². The van der Waals surface area contributed by atoms with Gasteiger partial charge in [-0.25, -0.2) is 0 Å². The molecule has 0 amide bonds. The zero-order chi connectivity index (χ0) is 21.3. The van der Waals surface area contributed by atoms with Gasteiger partial charge in [0.2, 0.25) is 0 Å². The predicted molar refractivity (Wildman–Crippen MR) is 123 cm³/mol. The van der Waals surface area contributed by atoms with Gasteiger partial charge in [-0.05, 0) is 53.3 Å². The third-order valence-electron chi connectivity index (χ3n) is 5.15. The third-order valence-corrected chi connectivity index (χ3v) is 5.15. The SMILES string of the molecule is CCCCOc1ccc(-c2ccccc2-c2ccc(C(C)OC(=O)CC)cc2)cc1. The van der Waals surface area contributed by atoms with Crippen LogP contribution < -0.4 is 4.74 Å². The van der Waals surface area contributed by atoms with E-state index >= 15 is 0 Å². The molecule has 156 valence electrons. The molecule has 0 aliphatic rings. The molecule has 1 unspecified atom stereocenters. The summed E-state index contributed by atoms with van der Waals surface area (Å²) in [6.07, 6.45) is 2.33. The first-order valence-corrected chi connectivity index (χ1v) is 10.7. The molecular formula is C27H30O3. The van der Waals surface area contributed by atoms with Crippen molar-refractivity contribution >= 4 is 5.97 Å². The standard InChI is InChI=1S/C27H30O3/c1-4-6-19-29-24-17-15-23(16-18-24)26-10-8-7-9-25(26)22-13-11-21(12-14-22)20(3)30-27(28)5-2/h7-18,20H,4-6,19H2,1-3H3. The number of rotatable bonds is 9. The van der Waals surface area contributed by atoms with Crippen LogP contribution in [0.5, 0.6) is 5.75 Å². The Labute approximate surface area is 179 Å². The molecule has 0 spiro atoms. The topological polar surface area (TPSA) is 35.5 Å². The first kappa shape index (κ1) is 21.6. The molecule has 0 saturated carbocycles. The summed E-state index contributed by atoms with van der Waals surface area (Å²) in [5.74, 6) is 0.726. The molecular weight excluding hydrogens is 372 g/mol. The van der Waals surface area contributed by atoms with E-state index in [1.165, 1.54) is 11.1 Å². The van der Waals surface area contributed by atoms with E-state index in [4.69, 9.17) is 9.47 Å². The Morgan fingerprint density at radius 2 is 1.40 bits per heavy atom. The first-order valence-electron chi connectivity index (χ1n) is 10.7. The highest BCUT2D eigenvalue weighted by molar-refractivity contribution is 5.83. The second-order valence-corrected chi connectivity index (χ2v) is 7.38. The van der Waals surface area contributed by atoms with E-state index in [0.717, 1.165) is 41.9 Å². The van der Waals surface area contributed by atoms with Crippen LogP contribution in [-0.2, 0) is 9.53 Å². The largest absolute Gasteiger partial charge is 0.494 e. The van der Waals surface area contributed by atoms with Crippen LogP contribution in [0.15, 0.2) is 72.8 Å². The highest BCUT2D eigenvalue weighted by Gasteiger charge is 2.12. The predicted octanol–water partition coefficient (Wildman–Crippen LogP) is 7.21. The van der Waals surface area contributed by atoms with Gasteiger partial charge >= 0.3 is 5.97 Å². The van der Waals surface area contributed by atoms with E-state index in [1.54, 1.807) is 6.92 Å². The van der Waals surface area contributed by atoms with Gasteiger partial charge in [0.25, 0.3) is 0 Å². The fourth-order valence-electron chi connectivity index (χ4n) is 3.33. The van der Waals surface area contributed by atoms with Crippen LogP contribution in [0.4, 0.5) is 0 Å². The average Bonchev–Trinajstić information content (AvgIpc) is 2.80. The summed E-state index contributed by atoms with van der Waals surface area (Å²) in [5, 5.41) is 0. The van der Waals surface area contributed by atoms with Crippen molar-refractivity contribution in [2.45, 2.75) is 46.1 Å². The highest BCUT2D eigenvalue weighted by Crippen LogP contribution is 2.33. The van der Waals surface area contributed by atoms with E-state index in [9.17, 15) is 4.79 Å². The van der Waals surface area contributed by atoms with Crippen molar-refractivity contribution in [3.63, 3.8) is 0 Å². The number of ether oxygens (including phenoxy) is 2. The molecule has 0 aromatic heterocycles. The number of unbranched alkanes of at least 4 members (excludes halogenated alkanes) is 1. The maximum Gasteiger partial charge on any atom is 0.306 e. The summed E-state index contributed by atoms with van der Waals surface area (Å²) < 4.78 is 11.2. The summed E-state index contributed by atoms with van der Waals surface area (Å²) >= 11 is 0. The number of hydrogen-bond donors (Lipinski definition) is 0. The van der Waals surface area contributed by atoms with Crippen molar-refractivity contribution in [1.82, 2.24) is 0 Å². The number of esters is 1. The van der Waals surface area contributed by atoms with Crippen LogP contribution in [0, 0.1) is 0 Å². The third kappa shape index (κ3) is 5.50. The van der Waals surface area contributed by atoms with Crippen LogP contribution in [0.25, 0.3) is 22.3 Å². The minimum atomic E-state index is -0.248. The van der Waals surface area contributed by atoms with Gasteiger partial charge in [0.1, 0.15) is 11.9 Å². The molecule has 0 fully saturated rings. The minimum absolute atomic E-state index is 0.181. The van der Waals surface area contributed by atoms with Crippen molar-refractivity contribution in [2.75, 3.05) is 6.61 Å². The summed E-state index contributed by atoms with van der Waals surface area (Å²) in [6, 6.07) is 24.9. The Morgan fingerprint density at radius 3 is 1.93 bits per heavy atom. The quantitative estimate of drug-likeness (QED) is 0.280. The molecule has 0 radical (unpaired) electrons. The first-order chi connectivity index (χ1) is 14.6. The number of carbonyl (C=O) groups is 1. The molecule has 1 atom stereocenters. The van der Waals surface area contributed by atoms with Crippen molar-refractivity contribution in [2.24, 2.45) is 0 Å². The van der Waals surface area contributed by atoms with Crippen LogP contribution >= 0.6 is 0 Å². The number of benzene rings is 3. The summed E-state index contributed by atoms with van der Waals surface area (Å²) in [7, 11) is 0. The molecule has 0 aliphatic carbocycles. The van der Waals surface area contributed by atoms with Crippen LogP contribution in [0.1, 0.15) is 51.7 Å². The molecule has 0 saturated heterocycles. The van der Waals surface area contributed by atoms with E-state index < -0.39 is 0 Å². The van der Waals surface area contributed by atoms with E-state index in [2.05, 4.69) is 55.5 Å². The zero-order valence-electron chi connectivity index (χ0n) is 18.1. The fourth-order valence-corrected chi connectivity index (χ4v) is 3.33. The molecule has 0 N–H and O–H groups in total. The Bertz CT molecular complexity index is 943. The molecule has 3 heteroatoms. The maximum atomic E-state index is 11.6. The van der Waals surface area contributed by atoms with Gasteiger partial charge < -0.3 is 9.47 Å². The highest BCUT2D eigenvalue weighted by atomic mass is 16.5. The summed E-state index contributed by atoms with van der Waals surface area (Å²) in [6.45, 7) is 6.62. The van der Waals surface area contributed by atoms with Gasteiger partial charge in [0.15, 0.2) is 0 Å². The Morgan fingerprint density at radius 1 is 0.833 bits per heavy atom. The van der Waals surface area contributed by atoms with Crippen molar-refractivity contribution in [3.8, 4) is 28.0 Å². The van der Waals surface area contributed by atoms with Crippen molar-refractivity contribution < 1.29 is 14.3 Å². The normalized spacial score (nSPS) is 11.7. The molecule has 3 rings (SSSR count). The van der Waals surface area contributed by atoms with Gasteiger partial charge in [0.05, 0.1) is 6.61 Å². The molecule has 0 aliphatic heterocycles. The van der Waals surface area contributed by atoms with Crippen molar-refractivity contribution in [3.05, 3.63) is 78.4 Å². The Kier molecular flexibility index (Phi) is 7.67. The number of carbonyl (C=O) groups excluding carboxylic acids is 1. The zero-order valence-corrected chi connectivity index (χ0v) is 18.1. The monoisotopic (exact) mass is 402 g/mol. The second-order valence-electron chi connectivity index (χ2n) is 7.38.